The van der Waals surface area contributed by atoms with E-state index in [9.17, 15) is 4.79 Å². The van der Waals surface area contributed by atoms with Crippen LogP contribution in [0.15, 0.2) is 12.7 Å². The van der Waals surface area contributed by atoms with Gasteiger partial charge in [0.15, 0.2) is 0 Å². The number of nitrogens with one attached hydrogen (secondary N) is 2. The molecular weight excluding hydrogens is 226 g/mol. The fourth-order valence-electron chi connectivity index (χ4n) is 3.02. The minimum atomic E-state index is -0.483. The van der Waals surface area contributed by atoms with Gasteiger partial charge in [-0.2, -0.15) is 0 Å². The van der Waals surface area contributed by atoms with Gasteiger partial charge in [-0.05, 0) is 47.0 Å². The molecule has 0 aromatic carbocycles. The number of nitrogens with two attached hydrogens (primary N) is 1. The molecule has 0 aromatic rings. The Kier molecular flexibility index (Phi) is 4.56. The number of carbonyl (C=O) groups excluding carboxylic acids is 1. The average molecular weight is 253 g/mol. The molecule has 4 N–H and O–H groups in total. The first-order valence-corrected chi connectivity index (χ1v) is 6.61. The summed E-state index contributed by atoms with van der Waals surface area (Å²) in [5, 5.41) is 6.65. The van der Waals surface area contributed by atoms with Crippen molar-refractivity contribution in [2.75, 3.05) is 0 Å². The van der Waals surface area contributed by atoms with Crippen molar-refractivity contribution >= 4 is 5.91 Å². The molecule has 0 spiro atoms. The van der Waals surface area contributed by atoms with Crippen molar-refractivity contribution in [1.82, 2.24) is 10.6 Å². The Morgan fingerprint density at radius 2 is 1.94 bits per heavy atom. The lowest BCUT2D eigenvalue weighted by Crippen LogP contribution is -2.63. The van der Waals surface area contributed by atoms with Crippen molar-refractivity contribution in [2.45, 2.75) is 70.1 Å². The number of hydrogen-bond donors (Lipinski definition) is 3. The van der Waals surface area contributed by atoms with Crippen LogP contribution in [-0.2, 0) is 4.79 Å². The topological polar surface area (TPSA) is 67.2 Å². The van der Waals surface area contributed by atoms with Gasteiger partial charge < -0.3 is 16.4 Å². The molecule has 1 amide bonds. The van der Waals surface area contributed by atoms with Crippen LogP contribution in [-0.4, -0.2) is 29.1 Å². The molecule has 0 aliphatic carbocycles. The van der Waals surface area contributed by atoms with Crippen molar-refractivity contribution in [3.63, 3.8) is 0 Å². The Morgan fingerprint density at radius 3 is 2.39 bits per heavy atom. The predicted octanol–water partition coefficient (Wildman–Crippen LogP) is 1.32. The lowest BCUT2D eigenvalue weighted by Gasteiger charge is -2.46. The third-order valence-corrected chi connectivity index (χ3v) is 3.29. The highest BCUT2D eigenvalue weighted by molar-refractivity contribution is 5.81. The molecule has 4 nitrogen and oxygen atoms in total. The summed E-state index contributed by atoms with van der Waals surface area (Å²) in [5.41, 5.74) is 5.84. The molecule has 18 heavy (non-hydrogen) atoms. The van der Waals surface area contributed by atoms with Crippen LogP contribution < -0.4 is 16.4 Å². The molecule has 1 rings (SSSR count). The van der Waals surface area contributed by atoms with Gasteiger partial charge in [-0.25, -0.2) is 0 Å². The molecule has 1 atom stereocenters. The summed E-state index contributed by atoms with van der Waals surface area (Å²) in [7, 11) is 0. The molecule has 104 valence electrons. The van der Waals surface area contributed by atoms with Gasteiger partial charge >= 0.3 is 0 Å². The highest BCUT2D eigenvalue weighted by Crippen LogP contribution is 2.28. The quantitative estimate of drug-likeness (QED) is 0.662. The summed E-state index contributed by atoms with van der Waals surface area (Å²) in [6, 6.07) is -0.303. The summed E-state index contributed by atoms with van der Waals surface area (Å²) in [6.07, 6.45) is 4.04. The van der Waals surface area contributed by atoms with Crippen molar-refractivity contribution in [1.29, 1.82) is 0 Å². The van der Waals surface area contributed by atoms with Gasteiger partial charge in [-0.15, -0.1) is 6.58 Å². The van der Waals surface area contributed by atoms with E-state index in [1.54, 1.807) is 6.08 Å². The highest BCUT2D eigenvalue weighted by atomic mass is 16.2. The second-order valence-electron chi connectivity index (χ2n) is 6.64. The van der Waals surface area contributed by atoms with E-state index >= 15 is 0 Å². The Balaban J connectivity index is 2.61. The molecule has 1 saturated heterocycles. The molecule has 1 aliphatic rings. The maximum atomic E-state index is 11.9. The zero-order valence-corrected chi connectivity index (χ0v) is 12.0. The summed E-state index contributed by atoms with van der Waals surface area (Å²) in [4.78, 5) is 11.9. The van der Waals surface area contributed by atoms with Gasteiger partial charge in [0.1, 0.15) is 0 Å². The van der Waals surface area contributed by atoms with Crippen molar-refractivity contribution < 1.29 is 4.79 Å². The molecule has 0 bridgehead atoms. The number of rotatable bonds is 4. The van der Waals surface area contributed by atoms with E-state index in [4.69, 9.17) is 5.73 Å². The van der Waals surface area contributed by atoms with Gasteiger partial charge in [-0.1, -0.05) is 6.08 Å². The lowest BCUT2D eigenvalue weighted by atomic mass is 9.79. The van der Waals surface area contributed by atoms with Gasteiger partial charge in [0.25, 0.3) is 0 Å². The smallest absolute Gasteiger partial charge is 0.237 e. The fourth-order valence-corrected chi connectivity index (χ4v) is 3.02. The largest absolute Gasteiger partial charge is 0.352 e. The van der Waals surface area contributed by atoms with Crippen LogP contribution in [0.2, 0.25) is 0 Å². The van der Waals surface area contributed by atoms with Crippen LogP contribution in [0.3, 0.4) is 0 Å². The molecule has 0 aromatic heterocycles. The zero-order chi connectivity index (χ0) is 14.0. The van der Waals surface area contributed by atoms with Crippen molar-refractivity contribution in [2.24, 2.45) is 5.73 Å². The van der Waals surface area contributed by atoms with Crippen LogP contribution in [0.1, 0.15) is 47.0 Å². The third kappa shape index (κ3) is 4.42. The summed E-state index contributed by atoms with van der Waals surface area (Å²) < 4.78 is 0. The normalized spacial score (nSPS) is 24.3. The Labute approximate surface area is 110 Å². The van der Waals surface area contributed by atoms with Crippen LogP contribution in [0.25, 0.3) is 0 Å². The first-order chi connectivity index (χ1) is 8.15. The minimum Gasteiger partial charge on any atom is -0.352 e. The van der Waals surface area contributed by atoms with Crippen molar-refractivity contribution in [3.05, 3.63) is 12.7 Å². The maximum absolute atomic E-state index is 11.9. The van der Waals surface area contributed by atoms with Crippen molar-refractivity contribution in [3.8, 4) is 0 Å². The Morgan fingerprint density at radius 1 is 1.44 bits per heavy atom. The summed E-state index contributed by atoms with van der Waals surface area (Å²) in [6.45, 7) is 12.3. The molecule has 1 fully saturated rings. The van der Waals surface area contributed by atoms with Crippen LogP contribution in [0, 0.1) is 0 Å². The van der Waals surface area contributed by atoms with E-state index in [0.29, 0.717) is 6.42 Å². The van der Waals surface area contributed by atoms with Crippen LogP contribution in [0.4, 0.5) is 0 Å². The Hall–Kier alpha value is -0.870. The molecular formula is C14H27N3O. The third-order valence-electron chi connectivity index (χ3n) is 3.29. The van der Waals surface area contributed by atoms with Crippen LogP contribution >= 0.6 is 0 Å². The highest BCUT2D eigenvalue weighted by Gasteiger charge is 2.38. The second kappa shape index (κ2) is 5.41. The SMILES string of the molecule is C=CCC(N)C(=O)NC1CC(C)(C)NC(C)(C)C1. The lowest BCUT2D eigenvalue weighted by molar-refractivity contribution is -0.123. The summed E-state index contributed by atoms with van der Waals surface area (Å²) in [5.74, 6) is -0.0756. The molecule has 1 heterocycles. The van der Waals surface area contributed by atoms with E-state index in [2.05, 4.69) is 44.9 Å². The monoisotopic (exact) mass is 253 g/mol. The second-order valence-corrected chi connectivity index (χ2v) is 6.64. The number of amides is 1. The number of hydrogen-bond acceptors (Lipinski definition) is 3. The zero-order valence-electron chi connectivity index (χ0n) is 12.0. The standard InChI is InChI=1S/C14H27N3O/c1-6-7-11(15)12(18)16-10-8-13(2,3)17-14(4,5)9-10/h6,10-11,17H,1,7-9,15H2,2-5H3,(H,16,18). The minimum absolute atomic E-state index is 0.0300. The number of piperidine rings is 1. The van der Waals surface area contributed by atoms with E-state index in [1.165, 1.54) is 0 Å². The molecule has 0 saturated carbocycles. The first kappa shape index (κ1) is 15.2. The van der Waals surface area contributed by atoms with E-state index in [1.807, 2.05) is 0 Å². The van der Waals surface area contributed by atoms with Gasteiger partial charge in [0, 0.05) is 17.1 Å². The van der Waals surface area contributed by atoms with Gasteiger partial charge in [0.05, 0.1) is 6.04 Å². The van der Waals surface area contributed by atoms with Crippen LogP contribution in [0.5, 0.6) is 0 Å². The maximum Gasteiger partial charge on any atom is 0.237 e. The van der Waals surface area contributed by atoms with Gasteiger partial charge in [-0.3, -0.25) is 4.79 Å². The average Bonchev–Trinajstić information content (AvgIpc) is 2.12. The van der Waals surface area contributed by atoms with Gasteiger partial charge in [0.2, 0.25) is 5.91 Å². The molecule has 0 radical (unpaired) electrons. The Bertz CT molecular complexity index is 307. The number of carbonyl (C=O) groups is 1. The molecule has 1 aliphatic heterocycles. The van der Waals surface area contributed by atoms with E-state index in [0.717, 1.165) is 12.8 Å². The molecule has 4 heteroatoms. The van der Waals surface area contributed by atoms with E-state index < -0.39 is 6.04 Å². The molecule has 1 unspecified atom stereocenters. The summed E-state index contributed by atoms with van der Waals surface area (Å²) >= 11 is 0. The van der Waals surface area contributed by atoms with E-state index in [-0.39, 0.29) is 23.0 Å². The first-order valence-electron chi connectivity index (χ1n) is 6.61. The predicted molar refractivity (Wildman–Crippen MR) is 75.2 cm³/mol. The fraction of sp³-hybridized carbons (Fsp3) is 0.786.